The Hall–Kier alpha value is -4.88. The molecule has 5 aliphatic heterocycles. The molecule has 5 heterocycles. The molecule has 0 saturated heterocycles. The van der Waals surface area contributed by atoms with Gasteiger partial charge in [-0.05, 0) is 61.4 Å². The van der Waals surface area contributed by atoms with Crippen molar-refractivity contribution >= 4 is 34.8 Å². The van der Waals surface area contributed by atoms with Gasteiger partial charge in [-0.15, -0.1) is 0 Å². The lowest BCUT2D eigenvalue weighted by molar-refractivity contribution is -0.139. The number of hydrogen-bond acceptors (Lipinski definition) is 8. The summed E-state index contributed by atoms with van der Waals surface area (Å²) in [5, 5.41) is 0. The van der Waals surface area contributed by atoms with Crippen LogP contribution in [0.4, 0.5) is 26.3 Å². The average Bonchev–Trinajstić information content (AvgIpc) is 3.75. The number of allylic oxidation sites excluding steroid dienone is 10. The van der Waals surface area contributed by atoms with Gasteiger partial charge in [0.1, 0.15) is 22.3 Å². The predicted molar refractivity (Wildman–Crippen MR) is 149 cm³/mol. The molecule has 44 heavy (non-hydrogen) atoms. The van der Waals surface area contributed by atoms with Gasteiger partial charge in [-0.2, -0.15) is 26.3 Å². The van der Waals surface area contributed by atoms with Crippen LogP contribution < -0.4 is 0 Å². The second-order valence-electron chi connectivity index (χ2n) is 9.63. The molecular weight excluding hydrogens is 594 g/mol. The lowest BCUT2D eigenvalue weighted by Gasteiger charge is -2.13. The van der Waals surface area contributed by atoms with E-state index < -0.39 is 69.4 Å². The maximum Gasteiger partial charge on any atom is 0.420 e. The lowest BCUT2D eigenvalue weighted by Crippen LogP contribution is -2.21. The van der Waals surface area contributed by atoms with Crippen LogP contribution in [0.1, 0.15) is 26.7 Å². The molecule has 228 valence electrons. The molecule has 14 heteroatoms. The fourth-order valence-electron chi connectivity index (χ4n) is 4.62. The monoisotopic (exact) mass is 616 g/mol. The Bertz CT molecular complexity index is 1590. The number of carbonyl (C=O) groups excluding carboxylic acids is 2. The zero-order chi connectivity index (χ0) is 31.8. The van der Waals surface area contributed by atoms with Gasteiger partial charge in [0.2, 0.25) is 0 Å². The third-order valence-electron chi connectivity index (χ3n) is 6.46. The fourth-order valence-corrected chi connectivity index (χ4v) is 4.62. The highest BCUT2D eigenvalue weighted by molar-refractivity contribution is 6.29. The second kappa shape index (κ2) is 11.7. The number of nitrogens with zero attached hydrogens (tertiary/aromatic N) is 4. The van der Waals surface area contributed by atoms with Crippen molar-refractivity contribution in [3.63, 3.8) is 0 Å². The summed E-state index contributed by atoms with van der Waals surface area (Å²) < 4.78 is 97.2. The average molecular weight is 617 g/mol. The van der Waals surface area contributed by atoms with E-state index in [4.69, 9.17) is 9.47 Å². The molecular formula is C30H22F6N4O4. The van der Waals surface area contributed by atoms with Gasteiger partial charge in [-0.1, -0.05) is 13.8 Å². The summed E-state index contributed by atoms with van der Waals surface area (Å²) in [7, 11) is 0. The Morgan fingerprint density at radius 3 is 1.20 bits per heavy atom. The first kappa shape index (κ1) is 30.6. The molecule has 0 aliphatic carbocycles. The summed E-state index contributed by atoms with van der Waals surface area (Å²) in [6.45, 7) is 3.28. The normalized spacial score (nSPS) is 19.3. The molecule has 5 aliphatic rings. The molecule has 0 aromatic heterocycles. The largest absolute Gasteiger partial charge is 0.462 e. The maximum absolute atomic E-state index is 14.5. The van der Waals surface area contributed by atoms with Crippen LogP contribution in [0.2, 0.25) is 0 Å². The lowest BCUT2D eigenvalue weighted by atomic mass is 10.1. The molecule has 0 atom stereocenters. The van der Waals surface area contributed by atoms with E-state index in [9.17, 15) is 35.9 Å². The van der Waals surface area contributed by atoms with Crippen molar-refractivity contribution in [2.75, 3.05) is 13.2 Å². The number of fused-ring (bicyclic) bond motifs is 4. The molecule has 0 radical (unpaired) electrons. The maximum atomic E-state index is 14.5. The topological polar surface area (TPSA) is 102 Å². The van der Waals surface area contributed by atoms with E-state index in [0.717, 1.165) is 48.6 Å². The number of alkyl halides is 6. The highest BCUT2D eigenvalue weighted by Gasteiger charge is 2.43. The van der Waals surface area contributed by atoms with Crippen molar-refractivity contribution in [3.05, 3.63) is 93.7 Å². The summed E-state index contributed by atoms with van der Waals surface area (Å²) in [4.78, 5) is 42.2. The highest BCUT2D eigenvalue weighted by atomic mass is 19.4. The summed E-state index contributed by atoms with van der Waals surface area (Å²) in [6, 6.07) is 0. The number of halogens is 6. The summed E-state index contributed by atoms with van der Waals surface area (Å²) in [5.74, 6) is -2.06. The first-order valence-corrected chi connectivity index (χ1v) is 13.4. The van der Waals surface area contributed by atoms with Crippen LogP contribution >= 0.6 is 0 Å². The minimum absolute atomic E-state index is 0.0662. The third kappa shape index (κ3) is 5.83. The predicted octanol–water partition coefficient (Wildman–Crippen LogP) is 6.09. The minimum Gasteiger partial charge on any atom is -0.462 e. The standard InChI is InChI=1S/C30H22F6N4O4/c1-3-13-43-27(41)23-15-5-9-19(37-15)25(29(31,32)33)21-11-7-17(39-21)24(28(42)44-14-4-2)18-8-12-22(40-18)26(30(34,35)36)20-10-6-16(23)38-20/h5-12H,3-4,13-14H2,1-2H3. The molecule has 0 N–H and O–H groups in total. The van der Waals surface area contributed by atoms with E-state index in [1.54, 1.807) is 13.8 Å². The molecule has 0 saturated carbocycles. The summed E-state index contributed by atoms with van der Waals surface area (Å²) in [5.41, 5.74) is -7.09. The van der Waals surface area contributed by atoms with Gasteiger partial charge in [0.05, 0.1) is 58.8 Å². The Balaban J connectivity index is 1.84. The van der Waals surface area contributed by atoms with Crippen LogP contribution in [0.5, 0.6) is 0 Å². The van der Waals surface area contributed by atoms with Crippen LogP contribution in [0.3, 0.4) is 0 Å². The van der Waals surface area contributed by atoms with Crippen molar-refractivity contribution in [3.8, 4) is 0 Å². The molecule has 0 unspecified atom stereocenters. The third-order valence-corrected chi connectivity index (χ3v) is 6.46. The minimum atomic E-state index is -5.00. The van der Waals surface area contributed by atoms with Gasteiger partial charge in [0, 0.05) is 0 Å². The summed E-state index contributed by atoms with van der Waals surface area (Å²) >= 11 is 0. The van der Waals surface area contributed by atoms with Gasteiger partial charge >= 0.3 is 24.3 Å². The van der Waals surface area contributed by atoms with Crippen LogP contribution in [0.15, 0.2) is 114 Å². The van der Waals surface area contributed by atoms with Crippen LogP contribution in [0, 0.1) is 0 Å². The number of carbonyl (C=O) groups is 2. The molecule has 0 aromatic carbocycles. The van der Waals surface area contributed by atoms with E-state index in [0.29, 0.717) is 12.8 Å². The SMILES string of the molecule is CCCOC(=O)C1=C2C=CC(=N2)C(C(F)(F)F)=C2C=CC(=N2)C(C(=O)OCCC)=C2C=CC(=N2)C(C(F)(F)F)=C2C=CC1=N2. The van der Waals surface area contributed by atoms with Crippen molar-refractivity contribution in [2.24, 2.45) is 20.0 Å². The molecule has 8 nitrogen and oxygen atoms in total. The van der Waals surface area contributed by atoms with Crippen molar-refractivity contribution in [2.45, 2.75) is 39.0 Å². The molecule has 0 amide bonds. The Morgan fingerprint density at radius 2 is 0.864 bits per heavy atom. The van der Waals surface area contributed by atoms with Gasteiger partial charge in [0.15, 0.2) is 0 Å². The zero-order valence-electron chi connectivity index (χ0n) is 23.1. The quantitative estimate of drug-likeness (QED) is 0.266. The fraction of sp³-hybridized carbons (Fsp3) is 0.267. The molecule has 8 bridgehead atoms. The van der Waals surface area contributed by atoms with Crippen LogP contribution in [-0.2, 0) is 19.1 Å². The first-order valence-electron chi connectivity index (χ1n) is 13.4. The smallest absolute Gasteiger partial charge is 0.420 e. The molecule has 5 rings (SSSR count). The van der Waals surface area contributed by atoms with Crippen molar-refractivity contribution in [1.29, 1.82) is 0 Å². The van der Waals surface area contributed by atoms with E-state index in [2.05, 4.69) is 20.0 Å². The highest BCUT2D eigenvalue weighted by Crippen LogP contribution is 2.38. The van der Waals surface area contributed by atoms with E-state index in [1.165, 1.54) is 0 Å². The Kier molecular flexibility index (Phi) is 8.10. The zero-order valence-corrected chi connectivity index (χ0v) is 23.1. The van der Waals surface area contributed by atoms with E-state index >= 15 is 0 Å². The van der Waals surface area contributed by atoms with Gasteiger partial charge in [0.25, 0.3) is 0 Å². The van der Waals surface area contributed by atoms with Gasteiger partial charge in [-0.3, -0.25) is 0 Å². The van der Waals surface area contributed by atoms with Crippen LogP contribution in [-0.4, -0.2) is 60.4 Å². The number of hydrogen-bond donors (Lipinski definition) is 0. The number of ether oxygens (including phenoxy) is 2. The molecule has 0 spiro atoms. The molecule has 0 aromatic rings. The van der Waals surface area contributed by atoms with Crippen molar-refractivity contribution < 1.29 is 45.4 Å². The van der Waals surface area contributed by atoms with Crippen LogP contribution in [0.25, 0.3) is 0 Å². The number of rotatable bonds is 6. The first-order chi connectivity index (χ1) is 20.8. The number of esters is 2. The molecule has 0 fully saturated rings. The number of aliphatic imine (C=N–C) groups is 4. The van der Waals surface area contributed by atoms with E-state index in [1.807, 2.05) is 0 Å². The van der Waals surface area contributed by atoms with Gasteiger partial charge < -0.3 is 9.47 Å². The summed E-state index contributed by atoms with van der Waals surface area (Å²) in [6.07, 6.45) is -0.758. The van der Waals surface area contributed by atoms with Gasteiger partial charge in [-0.25, -0.2) is 29.6 Å². The Morgan fingerprint density at radius 1 is 0.545 bits per heavy atom. The second-order valence-corrected chi connectivity index (χ2v) is 9.63. The Labute approximate surface area is 246 Å². The van der Waals surface area contributed by atoms with E-state index in [-0.39, 0.29) is 36.0 Å². The van der Waals surface area contributed by atoms with Crippen molar-refractivity contribution in [1.82, 2.24) is 0 Å².